The van der Waals surface area contributed by atoms with Gasteiger partial charge in [-0.05, 0) is 36.8 Å². The summed E-state index contributed by atoms with van der Waals surface area (Å²) in [6, 6.07) is 6.89. The van der Waals surface area contributed by atoms with E-state index in [9.17, 15) is 13.2 Å². The van der Waals surface area contributed by atoms with Crippen molar-refractivity contribution in [3.63, 3.8) is 0 Å². The molecule has 0 aliphatic carbocycles. The number of nitrogens with zero attached hydrogens (tertiary/aromatic N) is 3. The second-order valence-electron chi connectivity index (χ2n) is 6.46. The number of hydrogen-bond donors (Lipinski definition) is 2. The minimum atomic E-state index is -3.49. The summed E-state index contributed by atoms with van der Waals surface area (Å²) in [5.41, 5.74) is 2.43. The number of hydrogen-bond acceptors (Lipinski definition) is 6. The van der Waals surface area contributed by atoms with E-state index in [4.69, 9.17) is 4.74 Å². The number of aromatic nitrogens is 4. The Bertz CT molecular complexity index is 1360. The Morgan fingerprint density at radius 3 is 2.79 bits per heavy atom. The molecule has 0 bridgehead atoms. The number of aromatic amines is 1. The van der Waals surface area contributed by atoms with Gasteiger partial charge < -0.3 is 14.1 Å². The maximum absolute atomic E-state index is 12.3. The molecule has 148 valence electrons. The minimum absolute atomic E-state index is 0.232. The Labute approximate surface area is 166 Å². The highest BCUT2D eigenvalue weighted by atomic mass is 32.2. The van der Waals surface area contributed by atoms with E-state index in [1.54, 1.807) is 41.2 Å². The van der Waals surface area contributed by atoms with E-state index in [0.29, 0.717) is 22.5 Å². The van der Waals surface area contributed by atoms with Crippen molar-refractivity contribution in [1.29, 1.82) is 0 Å². The minimum Gasteiger partial charge on any atom is -0.437 e. The Morgan fingerprint density at radius 1 is 1.24 bits per heavy atom. The van der Waals surface area contributed by atoms with E-state index < -0.39 is 10.0 Å². The van der Waals surface area contributed by atoms with Crippen LogP contribution in [0.25, 0.3) is 16.8 Å². The number of rotatable bonds is 5. The Kier molecular flexibility index (Phi) is 4.55. The summed E-state index contributed by atoms with van der Waals surface area (Å²) in [6.45, 7) is 1.82. The van der Waals surface area contributed by atoms with Crippen LogP contribution in [0.3, 0.4) is 0 Å². The lowest BCUT2D eigenvalue weighted by molar-refractivity contribution is 0.462. The van der Waals surface area contributed by atoms with Crippen molar-refractivity contribution in [2.45, 2.75) is 6.92 Å². The molecular weight excluding hydrogens is 394 g/mol. The molecule has 0 radical (unpaired) electrons. The van der Waals surface area contributed by atoms with Crippen molar-refractivity contribution in [2.75, 3.05) is 11.0 Å². The number of ether oxygens (including phenoxy) is 1. The van der Waals surface area contributed by atoms with E-state index in [2.05, 4.69) is 19.7 Å². The second-order valence-corrected chi connectivity index (χ2v) is 8.21. The molecule has 0 fully saturated rings. The first-order chi connectivity index (χ1) is 13.8. The molecule has 4 aromatic rings. The molecule has 4 rings (SSSR count). The zero-order valence-corrected chi connectivity index (χ0v) is 16.4. The molecule has 2 N–H and O–H groups in total. The fourth-order valence-corrected chi connectivity index (χ4v) is 3.61. The third-order valence-corrected chi connectivity index (χ3v) is 4.77. The molecule has 0 aliphatic rings. The molecule has 4 heterocycles. The summed E-state index contributed by atoms with van der Waals surface area (Å²) in [6.07, 6.45) is 8.83. The normalized spacial score (nSPS) is 11.5. The molecule has 0 aliphatic heterocycles. The molecule has 0 atom stereocenters. The van der Waals surface area contributed by atoms with Gasteiger partial charge in [0.05, 0.1) is 35.6 Å². The van der Waals surface area contributed by atoms with Crippen molar-refractivity contribution in [1.82, 2.24) is 19.4 Å². The van der Waals surface area contributed by atoms with Crippen molar-refractivity contribution in [3.05, 3.63) is 71.2 Å². The van der Waals surface area contributed by atoms with Gasteiger partial charge in [0.2, 0.25) is 15.9 Å². The highest BCUT2D eigenvalue weighted by Crippen LogP contribution is 2.35. The van der Waals surface area contributed by atoms with Crippen molar-refractivity contribution in [2.24, 2.45) is 0 Å². The summed E-state index contributed by atoms with van der Waals surface area (Å²) in [7, 11) is -3.49. The van der Waals surface area contributed by atoms with E-state index in [-0.39, 0.29) is 17.1 Å². The van der Waals surface area contributed by atoms with Crippen LogP contribution in [0, 0.1) is 6.92 Å². The van der Waals surface area contributed by atoms with Crippen molar-refractivity contribution < 1.29 is 13.2 Å². The standard InChI is InChI=1S/C19H17N5O4S/c1-12-8-16(24-7-6-21-18(25)17(12)24)15-9-13(23-29(2,26)27)10-22-19(15)28-14-4-3-5-20-11-14/h3-11,23H,1-2H3,(H,21,25). The van der Waals surface area contributed by atoms with Crippen LogP contribution in [0.4, 0.5) is 5.69 Å². The quantitative estimate of drug-likeness (QED) is 0.521. The number of sulfonamides is 1. The van der Waals surface area contributed by atoms with E-state index in [1.165, 1.54) is 12.4 Å². The lowest BCUT2D eigenvalue weighted by Crippen LogP contribution is -2.10. The third kappa shape index (κ3) is 3.83. The monoisotopic (exact) mass is 411 g/mol. The fourth-order valence-electron chi connectivity index (χ4n) is 3.07. The highest BCUT2D eigenvalue weighted by Gasteiger charge is 2.18. The smallest absolute Gasteiger partial charge is 0.272 e. The third-order valence-electron chi connectivity index (χ3n) is 4.16. The molecule has 0 aromatic carbocycles. The lowest BCUT2D eigenvalue weighted by atomic mass is 10.1. The van der Waals surface area contributed by atoms with Crippen LogP contribution in [0.1, 0.15) is 5.56 Å². The number of fused-ring (bicyclic) bond motifs is 1. The van der Waals surface area contributed by atoms with Gasteiger partial charge in [-0.15, -0.1) is 0 Å². The summed E-state index contributed by atoms with van der Waals surface area (Å²) in [5, 5.41) is 0. The molecule has 0 spiro atoms. The molecule has 0 saturated heterocycles. The zero-order valence-electron chi connectivity index (χ0n) is 15.6. The number of H-pyrrole nitrogens is 1. The van der Waals surface area contributed by atoms with Gasteiger partial charge in [0.25, 0.3) is 5.56 Å². The molecule has 4 aromatic heterocycles. The summed E-state index contributed by atoms with van der Waals surface area (Å²) in [5.74, 6) is 0.720. The van der Waals surface area contributed by atoms with Crippen LogP contribution < -0.4 is 15.0 Å². The maximum Gasteiger partial charge on any atom is 0.272 e. The Morgan fingerprint density at radius 2 is 2.07 bits per heavy atom. The van der Waals surface area contributed by atoms with Crippen LogP contribution in [0.5, 0.6) is 11.6 Å². The Hall–Kier alpha value is -3.66. The zero-order chi connectivity index (χ0) is 20.6. The molecular formula is C19H17N5O4S. The molecule has 0 saturated carbocycles. The number of pyridine rings is 2. The number of nitrogens with one attached hydrogen (secondary N) is 2. The van der Waals surface area contributed by atoms with Crippen LogP contribution in [0.2, 0.25) is 0 Å². The van der Waals surface area contributed by atoms with Crippen LogP contribution in [0.15, 0.2) is 60.0 Å². The van der Waals surface area contributed by atoms with Gasteiger partial charge in [0, 0.05) is 18.6 Å². The molecule has 0 amide bonds. The molecule has 10 heteroatoms. The number of aryl methyl sites for hydroxylation is 1. The van der Waals surface area contributed by atoms with Gasteiger partial charge in [-0.2, -0.15) is 0 Å². The SMILES string of the molecule is Cc1cc(-c2cc(NS(C)(=O)=O)cnc2Oc2cccnc2)n2cc[nH]c(=O)c12. The predicted molar refractivity (Wildman–Crippen MR) is 109 cm³/mol. The van der Waals surface area contributed by atoms with Crippen molar-refractivity contribution >= 4 is 21.2 Å². The number of anilines is 1. The van der Waals surface area contributed by atoms with Crippen molar-refractivity contribution in [3.8, 4) is 22.9 Å². The first-order valence-electron chi connectivity index (χ1n) is 8.57. The molecule has 9 nitrogen and oxygen atoms in total. The van der Waals surface area contributed by atoms with Gasteiger partial charge in [-0.25, -0.2) is 13.4 Å². The van der Waals surface area contributed by atoms with Gasteiger partial charge in [0.1, 0.15) is 11.3 Å². The first kappa shape index (κ1) is 18.7. The molecule has 29 heavy (non-hydrogen) atoms. The largest absolute Gasteiger partial charge is 0.437 e. The van der Waals surface area contributed by atoms with Crippen LogP contribution >= 0.6 is 0 Å². The van der Waals surface area contributed by atoms with Crippen LogP contribution in [-0.4, -0.2) is 34.0 Å². The predicted octanol–water partition coefficient (Wildman–Crippen LogP) is 2.56. The van der Waals surface area contributed by atoms with Crippen LogP contribution in [-0.2, 0) is 10.0 Å². The second kappa shape index (κ2) is 7.06. The fraction of sp³-hybridized carbons (Fsp3) is 0.105. The Balaban J connectivity index is 1.93. The van der Waals surface area contributed by atoms with Gasteiger partial charge in [-0.3, -0.25) is 14.5 Å². The topological polar surface area (TPSA) is 118 Å². The van der Waals surface area contributed by atoms with E-state index in [0.717, 1.165) is 11.8 Å². The molecule has 0 unspecified atom stereocenters. The summed E-state index contributed by atoms with van der Waals surface area (Å²) >= 11 is 0. The average Bonchev–Trinajstić information content (AvgIpc) is 3.00. The summed E-state index contributed by atoms with van der Waals surface area (Å²) in [4.78, 5) is 23.2. The van der Waals surface area contributed by atoms with E-state index >= 15 is 0 Å². The first-order valence-corrected chi connectivity index (χ1v) is 10.5. The van der Waals surface area contributed by atoms with Gasteiger partial charge in [-0.1, -0.05) is 0 Å². The van der Waals surface area contributed by atoms with Gasteiger partial charge in [0.15, 0.2) is 0 Å². The average molecular weight is 411 g/mol. The highest BCUT2D eigenvalue weighted by molar-refractivity contribution is 7.92. The van der Waals surface area contributed by atoms with E-state index in [1.807, 2.05) is 13.0 Å². The van der Waals surface area contributed by atoms with Gasteiger partial charge >= 0.3 is 0 Å². The lowest BCUT2D eigenvalue weighted by Gasteiger charge is -2.12. The summed E-state index contributed by atoms with van der Waals surface area (Å²) < 4.78 is 33.3. The maximum atomic E-state index is 12.3.